The molecule has 1 aromatic carbocycles. The van der Waals surface area contributed by atoms with Gasteiger partial charge in [-0.2, -0.15) is 0 Å². The molecule has 0 spiro atoms. The van der Waals surface area contributed by atoms with Crippen molar-refractivity contribution in [3.8, 4) is 11.3 Å². The fourth-order valence-corrected chi connectivity index (χ4v) is 4.32. The molecule has 6 nitrogen and oxygen atoms in total. The third kappa shape index (κ3) is 5.00. The Labute approximate surface area is 158 Å². The molecule has 0 radical (unpaired) electrons. The number of rotatable bonds is 7. The molecule has 0 fully saturated rings. The molecule has 0 atom stereocenters. The van der Waals surface area contributed by atoms with Crippen molar-refractivity contribution in [2.24, 2.45) is 0 Å². The van der Waals surface area contributed by atoms with Gasteiger partial charge < -0.3 is 10.6 Å². The lowest BCUT2D eigenvalue weighted by Crippen LogP contribution is -2.13. The summed E-state index contributed by atoms with van der Waals surface area (Å²) in [5.41, 5.74) is 3.12. The lowest BCUT2D eigenvalue weighted by Gasteiger charge is -2.00. The number of aryl methyl sites for hydroxylation is 1. The second-order valence-electron chi connectivity index (χ2n) is 5.14. The van der Waals surface area contributed by atoms with Crippen LogP contribution in [0.1, 0.15) is 12.5 Å². The number of hydrogen-bond acceptors (Lipinski definition) is 8. The van der Waals surface area contributed by atoms with E-state index in [1.54, 1.807) is 0 Å². The van der Waals surface area contributed by atoms with Gasteiger partial charge >= 0.3 is 0 Å². The Morgan fingerprint density at radius 1 is 1.20 bits per heavy atom. The fraction of sp³-hybridized carbons (Fsp3) is 0.250. The number of nitrogens with one attached hydrogen (secondary N) is 2. The van der Waals surface area contributed by atoms with Crippen LogP contribution in [-0.2, 0) is 4.79 Å². The number of aromatic nitrogens is 3. The summed E-state index contributed by atoms with van der Waals surface area (Å²) < 4.78 is 0.769. The normalized spacial score (nSPS) is 10.6. The summed E-state index contributed by atoms with van der Waals surface area (Å²) in [7, 11) is 0. The first-order valence-corrected chi connectivity index (χ1v) is 10.3. The van der Waals surface area contributed by atoms with E-state index in [4.69, 9.17) is 0 Å². The summed E-state index contributed by atoms with van der Waals surface area (Å²) in [5, 5.41) is 17.3. The number of nitrogens with zero attached hydrogens (tertiary/aromatic N) is 3. The molecule has 3 rings (SSSR count). The lowest BCUT2D eigenvalue weighted by atomic mass is 10.1. The summed E-state index contributed by atoms with van der Waals surface area (Å²) in [6, 6.07) is 8.16. The molecule has 2 heterocycles. The average molecular weight is 392 g/mol. The molecule has 0 bridgehead atoms. The summed E-state index contributed by atoms with van der Waals surface area (Å²) in [5.74, 6) is 0.176. The first-order valence-electron chi connectivity index (χ1n) is 7.66. The van der Waals surface area contributed by atoms with E-state index in [1.165, 1.54) is 40.0 Å². The Morgan fingerprint density at radius 2 is 2.00 bits per heavy atom. The largest absolute Gasteiger partial charge is 0.360 e. The first kappa shape index (κ1) is 17.8. The summed E-state index contributed by atoms with van der Waals surface area (Å²) >= 11 is 4.24. The smallest absolute Gasteiger partial charge is 0.236 e. The van der Waals surface area contributed by atoms with Gasteiger partial charge in [-0.1, -0.05) is 52.9 Å². The minimum Gasteiger partial charge on any atom is -0.360 e. The predicted molar refractivity (Wildman–Crippen MR) is 106 cm³/mol. The van der Waals surface area contributed by atoms with Crippen molar-refractivity contribution in [3.05, 3.63) is 35.2 Å². The third-order valence-electron chi connectivity index (χ3n) is 3.16. The van der Waals surface area contributed by atoms with Gasteiger partial charge in [0.2, 0.25) is 11.0 Å². The average Bonchev–Trinajstić information content (AvgIpc) is 3.24. The minimum absolute atomic E-state index is 0.102. The highest BCUT2D eigenvalue weighted by molar-refractivity contribution is 8.01. The topological polar surface area (TPSA) is 79.8 Å². The second kappa shape index (κ2) is 8.41. The SMILES string of the molecule is CCNc1nnc(SCC(=O)Nc2nc(-c3ccc(C)cc3)cs2)s1. The highest BCUT2D eigenvalue weighted by Crippen LogP contribution is 2.27. The molecule has 2 aromatic heterocycles. The van der Waals surface area contributed by atoms with E-state index in [0.717, 1.165) is 27.3 Å². The van der Waals surface area contributed by atoms with E-state index in [-0.39, 0.29) is 11.7 Å². The van der Waals surface area contributed by atoms with Crippen molar-refractivity contribution < 1.29 is 4.79 Å². The monoisotopic (exact) mass is 391 g/mol. The molecule has 0 saturated heterocycles. The maximum atomic E-state index is 12.1. The van der Waals surface area contributed by atoms with Crippen LogP contribution < -0.4 is 10.6 Å². The molecular weight excluding hydrogens is 374 g/mol. The molecule has 0 aliphatic heterocycles. The van der Waals surface area contributed by atoms with Gasteiger partial charge in [0.05, 0.1) is 11.4 Å². The van der Waals surface area contributed by atoms with Gasteiger partial charge in [0.25, 0.3) is 0 Å². The van der Waals surface area contributed by atoms with E-state index in [1.807, 2.05) is 43.5 Å². The molecule has 0 unspecified atom stereocenters. The van der Waals surface area contributed by atoms with Crippen LogP contribution in [-0.4, -0.2) is 33.4 Å². The van der Waals surface area contributed by atoms with Gasteiger partial charge in [-0.25, -0.2) is 4.98 Å². The van der Waals surface area contributed by atoms with Crippen LogP contribution >= 0.6 is 34.4 Å². The third-order valence-corrected chi connectivity index (χ3v) is 5.93. The van der Waals surface area contributed by atoms with Crippen molar-refractivity contribution in [2.75, 3.05) is 22.9 Å². The van der Waals surface area contributed by atoms with Crippen LogP contribution in [0.4, 0.5) is 10.3 Å². The number of thioether (sulfide) groups is 1. The van der Waals surface area contributed by atoms with Gasteiger partial charge in [0, 0.05) is 17.5 Å². The molecule has 130 valence electrons. The van der Waals surface area contributed by atoms with Crippen LogP contribution in [0.5, 0.6) is 0 Å². The van der Waals surface area contributed by atoms with E-state index < -0.39 is 0 Å². The van der Waals surface area contributed by atoms with Crippen LogP contribution in [0.15, 0.2) is 34.0 Å². The van der Waals surface area contributed by atoms with Crippen LogP contribution in [0, 0.1) is 6.92 Å². The lowest BCUT2D eigenvalue weighted by molar-refractivity contribution is -0.113. The summed E-state index contributed by atoms with van der Waals surface area (Å²) in [6.45, 7) is 4.85. The number of carbonyl (C=O) groups excluding carboxylic acids is 1. The van der Waals surface area contributed by atoms with Crippen molar-refractivity contribution >= 4 is 50.6 Å². The van der Waals surface area contributed by atoms with E-state index in [2.05, 4.69) is 25.8 Å². The molecular formula is C16H17N5OS3. The molecule has 1 amide bonds. The maximum Gasteiger partial charge on any atom is 0.236 e. The number of hydrogen-bond donors (Lipinski definition) is 2. The summed E-state index contributed by atoms with van der Waals surface area (Å²) in [6.07, 6.45) is 0. The van der Waals surface area contributed by atoms with Crippen molar-refractivity contribution in [1.29, 1.82) is 0 Å². The first-order chi connectivity index (χ1) is 12.1. The van der Waals surface area contributed by atoms with Gasteiger partial charge in [-0.3, -0.25) is 4.79 Å². The van der Waals surface area contributed by atoms with Gasteiger partial charge in [-0.15, -0.1) is 21.5 Å². The Balaban J connectivity index is 1.53. The number of amides is 1. The van der Waals surface area contributed by atoms with Crippen LogP contribution in [0.2, 0.25) is 0 Å². The number of carbonyl (C=O) groups is 1. The zero-order chi connectivity index (χ0) is 17.6. The van der Waals surface area contributed by atoms with E-state index >= 15 is 0 Å². The molecule has 0 aliphatic carbocycles. The molecule has 0 saturated carbocycles. The maximum absolute atomic E-state index is 12.1. The second-order valence-corrected chi connectivity index (χ2v) is 8.20. The zero-order valence-corrected chi connectivity index (χ0v) is 16.2. The van der Waals surface area contributed by atoms with Crippen LogP contribution in [0.25, 0.3) is 11.3 Å². The van der Waals surface area contributed by atoms with Gasteiger partial charge in [0.1, 0.15) is 0 Å². The fourth-order valence-electron chi connectivity index (χ4n) is 1.96. The zero-order valence-electron chi connectivity index (χ0n) is 13.8. The Bertz CT molecular complexity index is 844. The van der Waals surface area contributed by atoms with Gasteiger partial charge in [0.15, 0.2) is 9.47 Å². The quantitative estimate of drug-likeness (QED) is 0.590. The summed E-state index contributed by atoms with van der Waals surface area (Å²) in [4.78, 5) is 16.6. The number of benzene rings is 1. The number of thiazole rings is 1. The van der Waals surface area contributed by atoms with E-state index in [0.29, 0.717) is 5.13 Å². The van der Waals surface area contributed by atoms with Crippen molar-refractivity contribution in [3.63, 3.8) is 0 Å². The Morgan fingerprint density at radius 3 is 2.76 bits per heavy atom. The molecule has 2 N–H and O–H groups in total. The molecule has 9 heteroatoms. The molecule has 25 heavy (non-hydrogen) atoms. The molecule has 0 aliphatic rings. The predicted octanol–water partition coefficient (Wildman–Crippen LogP) is 4.13. The number of anilines is 2. The highest BCUT2D eigenvalue weighted by atomic mass is 32.2. The van der Waals surface area contributed by atoms with Crippen molar-refractivity contribution in [2.45, 2.75) is 18.2 Å². The van der Waals surface area contributed by atoms with Crippen LogP contribution in [0.3, 0.4) is 0 Å². The van der Waals surface area contributed by atoms with Gasteiger partial charge in [-0.05, 0) is 13.8 Å². The van der Waals surface area contributed by atoms with E-state index in [9.17, 15) is 4.79 Å². The standard InChI is InChI=1S/C16H17N5OS3/c1-3-17-14-20-21-16(25-14)24-9-13(22)19-15-18-12(8-23-15)11-6-4-10(2)5-7-11/h4-8H,3,9H2,1-2H3,(H,17,20)(H,18,19,22). The van der Waals surface area contributed by atoms with Crippen molar-refractivity contribution in [1.82, 2.24) is 15.2 Å². The highest BCUT2D eigenvalue weighted by Gasteiger charge is 2.11. The Hall–Kier alpha value is -1.97. The molecule has 3 aromatic rings. The Kier molecular flexibility index (Phi) is 6.00. The minimum atomic E-state index is -0.102.